The molecule has 2 aromatic heterocycles. The summed E-state index contributed by atoms with van der Waals surface area (Å²) in [5.41, 5.74) is -2.17. The number of aromatic nitrogens is 4. The molecule has 0 bridgehead atoms. The first-order valence-corrected chi connectivity index (χ1v) is 4.46. The van der Waals surface area contributed by atoms with E-state index in [1.807, 2.05) is 0 Å². The van der Waals surface area contributed by atoms with Gasteiger partial charge in [-0.15, -0.1) is 0 Å². The molecule has 0 atom stereocenters. The fourth-order valence-corrected chi connectivity index (χ4v) is 1.25. The summed E-state index contributed by atoms with van der Waals surface area (Å²) in [4.78, 5) is 16.4. The molecule has 0 aliphatic heterocycles. The van der Waals surface area contributed by atoms with Crippen LogP contribution in [0.15, 0.2) is 24.9 Å². The van der Waals surface area contributed by atoms with Crippen LogP contribution in [0, 0.1) is 10.1 Å². The number of nitro groups is 1. The fraction of sp³-hybridized carbons (Fsp3) is 0.125. The van der Waals surface area contributed by atoms with Crippen molar-refractivity contribution >= 4 is 5.69 Å². The summed E-state index contributed by atoms with van der Waals surface area (Å²) >= 11 is 0. The molecule has 0 radical (unpaired) electrons. The number of nitrogens with zero attached hydrogens (tertiary/aromatic N) is 5. The first kappa shape index (κ1) is 12.0. The Morgan fingerprint density at radius 1 is 1.39 bits per heavy atom. The van der Waals surface area contributed by atoms with Gasteiger partial charge in [-0.05, 0) is 0 Å². The van der Waals surface area contributed by atoms with Crippen LogP contribution >= 0.6 is 0 Å². The molecule has 0 aromatic carbocycles. The van der Waals surface area contributed by atoms with Gasteiger partial charge in [0.15, 0.2) is 0 Å². The maximum absolute atomic E-state index is 12.5. The zero-order chi connectivity index (χ0) is 13.3. The molecule has 2 aromatic rings. The molecule has 0 saturated carbocycles. The van der Waals surface area contributed by atoms with Crippen LogP contribution in [0.1, 0.15) is 5.69 Å². The van der Waals surface area contributed by atoms with Gasteiger partial charge in [0, 0.05) is 6.07 Å². The van der Waals surface area contributed by atoms with E-state index in [0.717, 1.165) is 17.3 Å². The second kappa shape index (κ2) is 4.05. The van der Waals surface area contributed by atoms with E-state index in [9.17, 15) is 23.3 Å². The highest BCUT2D eigenvalue weighted by Crippen LogP contribution is 2.31. The summed E-state index contributed by atoms with van der Waals surface area (Å²) in [5.74, 6) is 0. The van der Waals surface area contributed by atoms with Crippen LogP contribution in [0.5, 0.6) is 0 Å². The fourth-order valence-electron chi connectivity index (χ4n) is 1.25. The first-order chi connectivity index (χ1) is 8.39. The Morgan fingerprint density at radius 3 is 2.61 bits per heavy atom. The van der Waals surface area contributed by atoms with Crippen molar-refractivity contribution in [3.05, 3.63) is 40.7 Å². The number of halogens is 3. The molecule has 0 saturated heterocycles. The van der Waals surface area contributed by atoms with Crippen LogP contribution < -0.4 is 0 Å². The second-order valence-corrected chi connectivity index (χ2v) is 3.15. The lowest BCUT2D eigenvalue weighted by molar-refractivity contribution is -0.385. The normalized spacial score (nSPS) is 11.5. The van der Waals surface area contributed by atoms with Crippen LogP contribution in [-0.2, 0) is 6.18 Å². The van der Waals surface area contributed by atoms with E-state index in [4.69, 9.17) is 0 Å². The Balaban J connectivity index is 2.63. The Morgan fingerprint density at radius 2 is 2.11 bits per heavy atom. The molecule has 18 heavy (non-hydrogen) atoms. The number of hydrogen-bond acceptors (Lipinski definition) is 5. The number of alkyl halides is 3. The largest absolute Gasteiger partial charge is 0.433 e. The van der Waals surface area contributed by atoms with Crippen molar-refractivity contribution < 1.29 is 18.1 Å². The SMILES string of the molecule is O=[N+]([O-])c1cnc(C(F)(F)F)cc1-n1cncn1. The third kappa shape index (κ3) is 2.12. The molecule has 2 rings (SSSR count). The molecule has 7 nitrogen and oxygen atoms in total. The van der Waals surface area contributed by atoms with Gasteiger partial charge in [-0.3, -0.25) is 10.1 Å². The van der Waals surface area contributed by atoms with Crippen molar-refractivity contribution in [1.82, 2.24) is 19.7 Å². The molecule has 10 heteroatoms. The molecule has 0 N–H and O–H groups in total. The molecule has 0 spiro atoms. The molecule has 0 unspecified atom stereocenters. The summed E-state index contributed by atoms with van der Waals surface area (Å²) in [7, 11) is 0. The first-order valence-electron chi connectivity index (χ1n) is 4.46. The summed E-state index contributed by atoms with van der Waals surface area (Å²) < 4.78 is 38.3. The Labute approximate surface area is 97.0 Å². The van der Waals surface area contributed by atoms with Crippen molar-refractivity contribution in [2.45, 2.75) is 6.18 Å². The van der Waals surface area contributed by atoms with Gasteiger partial charge in [-0.2, -0.15) is 18.3 Å². The summed E-state index contributed by atoms with van der Waals surface area (Å²) in [6.45, 7) is 0. The van der Waals surface area contributed by atoms with Gasteiger partial charge in [-0.25, -0.2) is 14.6 Å². The highest BCUT2D eigenvalue weighted by molar-refractivity contribution is 5.51. The quantitative estimate of drug-likeness (QED) is 0.603. The highest BCUT2D eigenvalue weighted by atomic mass is 19.4. The lowest BCUT2D eigenvalue weighted by atomic mass is 10.3. The van der Waals surface area contributed by atoms with E-state index in [0.29, 0.717) is 12.3 Å². The summed E-state index contributed by atoms with van der Waals surface area (Å²) in [6, 6.07) is 0.548. The summed E-state index contributed by atoms with van der Waals surface area (Å²) in [6.07, 6.45) is -2.04. The van der Waals surface area contributed by atoms with E-state index < -0.39 is 22.5 Å². The number of pyridine rings is 1. The minimum absolute atomic E-state index is 0.347. The van der Waals surface area contributed by atoms with Gasteiger partial charge in [0.2, 0.25) is 0 Å². The average Bonchev–Trinajstić information content (AvgIpc) is 2.80. The molecule has 2 heterocycles. The van der Waals surface area contributed by atoms with Crippen molar-refractivity contribution in [3.63, 3.8) is 0 Å². The van der Waals surface area contributed by atoms with Gasteiger partial charge in [0.1, 0.15) is 30.2 Å². The second-order valence-electron chi connectivity index (χ2n) is 3.15. The van der Waals surface area contributed by atoms with Gasteiger partial charge in [0.05, 0.1) is 4.92 Å². The molecular weight excluding hydrogens is 255 g/mol. The van der Waals surface area contributed by atoms with Crippen molar-refractivity contribution in [3.8, 4) is 5.69 Å². The average molecular weight is 259 g/mol. The molecule has 0 aliphatic rings. The van der Waals surface area contributed by atoms with E-state index in [1.54, 1.807) is 0 Å². The molecule has 94 valence electrons. The van der Waals surface area contributed by atoms with Gasteiger partial charge < -0.3 is 0 Å². The van der Waals surface area contributed by atoms with Gasteiger partial charge in [0.25, 0.3) is 0 Å². The van der Waals surface area contributed by atoms with Crippen LogP contribution in [-0.4, -0.2) is 24.7 Å². The number of rotatable bonds is 2. The van der Waals surface area contributed by atoms with E-state index in [2.05, 4.69) is 15.1 Å². The van der Waals surface area contributed by atoms with E-state index >= 15 is 0 Å². The van der Waals surface area contributed by atoms with E-state index in [1.165, 1.54) is 0 Å². The summed E-state index contributed by atoms with van der Waals surface area (Å²) in [5, 5.41) is 14.3. The standard InChI is InChI=1S/C8H4F3N5O2/c9-8(10,11)7-1-5(15-4-12-3-14-15)6(2-13-7)16(17)18/h1-4H. The smallest absolute Gasteiger partial charge is 0.258 e. The maximum atomic E-state index is 12.5. The predicted octanol–water partition coefficient (Wildman–Crippen LogP) is 1.59. The minimum atomic E-state index is -4.69. The topological polar surface area (TPSA) is 86.7 Å². The van der Waals surface area contributed by atoms with Crippen molar-refractivity contribution in [1.29, 1.82) is 0 Å². The van der Waals surface area contributed by atoms with Crippen LogP contribution in [0.4, 0.5) is 18.9 Å². The Kier molecular flexibility index (Phi) is 2.69. The molecule has 0 amide bonds. The third-order valence-corrected chi connectivity index (χ3v) is 2.01. The highest BCUT2D eigenvalue weighted by Gasteiger charge is 2.34. The van der Waals surface area contributed by atoms with Crippen molar-refractivity contribution in [2.24, 2.45) is 0 Å². The monoisotopic (exact) mass is 259 g/mol. The maximum Gasteiger partial charge on any atom is 0.433 e. The molecule has 0 fully saturated rings. The zero-order valence-electron chi connectivity index (χ0n) is 8.50. The van der Waals surface area contributed by atoms with Gasteiger partial charge >= 0.3 is 11.9 Å². The molecule has 0 aliphatic carbocycles. The lowest BCUT2D eigenvalue weighted by Gasteiger charge is -2.07. The van der Waals surface area contributed by atoms with Crippen LogP contribution in [0.25, 0.3) is 5.69 Å². The van der Waals surface area contributed by atoms with Gasteiger partial charge in [-0.1, -0.05) is 0 Å². The Hall–Kier alpha value is -2.52. The predicted molar refractivity (Wildman–Crippen MR) is 50.8 cm³/mol. The number of hydrogen-bond donors (Lipinski definition) is 0. The minimum Gasteiger partial charge on any atom is -0.258 e. The Bertz CT molecular complexity index is 581. The van der Waals surface area contributed by atoms with Crippen molar-refractivity contribution in [2.75, 3.05) is 0 Å². The van der Waals surface area contributed by atoms with E-state index in [-0.39, 0.29) is 5.69 Å². The third-order valence-electron chi connectivity index (χ3n) is 2.01. The van der Waals surface area contributed by atoms with Crippen LogP contribution in [0.3, 0.4) is 0 Å². The zero-order valence-corrected chi connectivity index (χ0v) is 8.50. The lowest BCUT2D eigenvalue weighted by Crippen LogP contribution is -2.11. The molecular formula is C8H4F3N5O2. The van der Waals surface area contributed by atoms with Crippen LogP contribution in [0.2, 0.25) is 0 Å².